The van der Waals surface area contributed by atoms with Crippen molar-refractivity contribution in [3.63, 3.8) is 0 Å². The molecule has 0 N–H and O–H groups in total. The lowest BCUT2D eigenvalue weighted by molar-refractivity contribution is -0.138. The maximum Gasteiger partial charge on any atom is 0.225 e. The van der Waals surface area contributed by atoms with Gasteiger partial charge in [-0.3, -0.25) is 14.7 Å². The van der Waals surface area contributed by atoms with E-state index in [2.05, 4.69) is 80.9 Å². The maximum atomic E-state index is 13.5. The quantitative estimate of drug-likeness (QED) is 0.370. The lowest BCUT2D eigenvalue weighted by atomic mass is 9.93. The molecule has 2 aromatic heterocycles. The van der Waals surface area contributed by atoms with Crippen LogP contribution in [0.5, 0.6) is 0 Å². The van der Waals surface area contributed by atoms with E-state index in [0.717, 1.165) is 101 Å². The first kappa shape index (κ1) is 28.3. The average molecular weight is 544 g/mol. The lowest BCUT2D eigenvalue weighted by Gasteiger charge is -2.38. The van der Waals surface area contributed by atoms with Gasteiger partial charge in [-0.15, -0.1) is 0 Å². The van der Waals surface area contributed by atoms with Crippen molar-refractivity contribution in [2.24, 2.45) is 10.9 Å². The number of likely N-dealkylation sites (N-methyl/N-ethyl adjacent to an activating group) is 1. The summed E-state index contributed by atoms with van der Waals surface area (Å²) in [5.41, 5.74) is 3.06. The second-order valence-electron chi connectivity index (χ2n) is 11.4. The summed E-state index contributed by atoms with van der Waals surface area (Å²) in [6.07, 6.45) is 19.6. The summed E-state index contributed by atoms with van der Waals surface area (Å²) in [5.74, 6) is 1.77. The fourth-order valence-electron chi connectivity index (χ4n) is 6.45. The SMILES string of the molecule is C/C=C\C(CN1CCC(C(=O)N2CCC(n3c(C4/C=C\C/C=C\N(C)C4)nc4cccnc43)CC2)CC1)=NCC. The summed E-state index contributed by atoms with van der Waals surface area (Å²) in [6.45, 7) is 10.2. The Morgan fingerprint density at radius 3 is 2.67 bits per heavy atom. The van der Waals surface area contributed by atoms with Gasteiger partial charge in [0, 0.05) is 63.6 Å². The minimum atomic E-state index is 0.135. The number of nitrogens with zero attached hydrogens (tertiary/aromatic N) is 7. The van der Waals surface area contributed by atoms with E-state index in [9.17, 15) is 4.79 Å². The molecule has 0 aliphatic carbocycles. The lowest BCUT2D eigenvalue weighted by Crippen LogP contribution is -2.46. The molecule has 3 aliphatic heterocycles. The number of pyridine rings is 1. The van der Waals surface area contributed by atoms with Crippen molar-refractivity contribution in [2.45, 2.75) is 57.9 Å². The normalized spacial score (nSPS) is 24.0. The van der Waals surface area contributed by atoms with Gasteiger partial charge in [-0.1, -0.05) is 24.3 Å². The minimum absolute atomic E-state index is 0.135. The van der Waals surface area contributed by atoms with Crippen molar-refractivity contribution in [1.29, 1.82) is 0 Å². The molecule has 40 heavy (non-hydrogen) atoms. The number of carbonyl (C=O) groups excluding carboxylic acids is 1. The number of piperidine rings is 2. The van der Waals surface area contributed by atoms with E-state index in [0.29, 0.717) is 11.9 Å². The Hall–Kier alpha value is -3.26. The van der Waals surface area contributed by atoms with Crippen LogP contribution >= 0.6 is 0 Å². The zero-order valence-electron chi connectivity index (χ0n) is 24.5. The Morgan fingerprint density at radius 1 is 1.12 bits per heavy atom. The number of amides is 1. The fraction of sp³-hybridized carbons (Fsp3) is 0.562. The largest absolute Gasteiger partial charge is 0.380 e. The molecule has 5 rings (SSSR count). The number of hydrogen-bond acceptors (Lipinski definition) is 6. The number of carbonyl (C=O) groups is 1. The highest BCUT2D eigenvalue weighted by molar-refractivity contribution is 5.96. The number of hydrogen-bond donors (Lipinski definition) is 0. The molecule has 1 amide bonds. The smallest absolute Gasteiger partial charge is 0.225 e. The Morgan fingerprint density at radius 2 is 1.93 bits per heavy atom. The van der Waals surface area contributed by atoms with Crippen LogP contribution in [0.15, 0.2) is 59.9 Å². The maximum absolute atomic E-state index is 13.5. The minimum Gasteiger partial charge on any atom is -0.380 e. The number of fused-ring (bicyclic) bond motifs is 1. The Labute approximate surface area is 239 Å². The fourth-order valence-corrected chi connectivity index (χ4v) is 6.45. The number of rotatable bonds is 7. The van der Waals surface area contributed by atoms with Gasteiger partial charge >= 0.3 is 0 Å². The van der Waals surface area contributed by atoms with Gasteiger partial charge in [0.1, 0.15) is 11.3 Å². The van der Waals surface area contributed by atoms with E-state index in [1.165, 1.54) is 0 Å². The van der Waals surface area contributed by atoms with Gasteiger partial charge in [0.05, 0.1) is 5.92 Å². The van der Waals surface area contributed by atoms with Gasteiger partial charge in [-0.25, -0.2) is 9.97 Å². The molecule has 8 nitrogen and oxygen atoms in total. The van der Waals surface area contributed by atoms with Crippen molar-refractivity contribution in [3.8, 4) is 0 Å². The zero-order chi connectivity index (χ0) is 27.9. The van der Waals surface area contributed by atoms with E-state index < -0.39 is 0 Å². The summed E-state index contributed by atoms with van der Waals surface area (Å²) in [7, 11) is 2.13. The first-order valence-corrected chi connectivity index (χ1v) is 15.1. The van der Waals surface area contributed by atoms with Crippen LogP contribution in [0.3, 0.4) is 0 Å². The summed E-state index contributed by atoms with van der Waals surface area (Å²) < 4.78 is 2.39. The molecule has 5 heterocycles. The van der Waals surface area contributed by atoms with Gasteiger partial charge in [0.25, 0.3) is 0 Å². The molecular weight excluding hydrogens is 498 g/mol. The van der Waals surface area contributed by atoms with Crippen molar-refractivity contribution >= 4 is 22.8 Å². The molecule has 0 radical (unpaired) electrons. The van der Waals surface area contributed by atoms with Gasteiger partial charge in [-0.2, -0.15) is 0 Å². The Kier molecular flexibility index (Phi) is 9.47. The number of imidazole rings is 1. The van der Waals surface area contributed by atoms with E-state index in [4.69, 9.17) is 9.97 Å². The van der Waals surface area contributed by atoms with Crippen molar-refractivity contribution in [1.82, 2.24) is 29.2 Å². The molecule has 0 aromatic carbocycles. The second kappa shape index (κ2) is 13.4. The van der Waals surface area contributed by atoms with E-state index in [1.54, 1.807) is 0 Å². The molecule has 3 aliphatic rings. The predicted molar refractivity (Wildman–Crippen MR) is 163 cm³/mol. The Balaban J connectivity index is 1.23. The van der Waals surface area contributed by atoms with E-state index in [-0.39, 0.29) is 11.8 Å². The molecule has 214 valence electrons. The highest BCUT2D eigenvalue weighted by atomic mass is 16.2. The first-order chi connectivity index (χ1) is 19.6. The van der Waals surface area contributed by atoms with E-state index >= 15 is 0 Å². The molecule has 0 spiro atoms. The van der Waals surface area contributed by atoms with Gasteiger partial charge in [0.15, 0.2) is 5.65 Å². The van der Waals surface area contributed by atoms with Crippen LogP contribution in [-0.2, 0) is 4.79 Å². The topological polar surface area (TPSA) is 69.9 Å². The summed E-state index contributed by atoms with van der Waals surface area (Å²) in [4.78, 5) is 34.8. The standard InChI is InChI=1S/C32H45N7O/c1-4-10-27(33-5-2)24-37-19-13-25(14-20-37)32(40)38-21-15-28(16-22-38)39-30(35-29-12-9-17-34-31(29)39)26-11-7-6-8-18-36(3)23-26/h4,7-12,17-18,25-26,28H,5-6,13-16,19-24H2,1-3H3/b10-4-,11-7-,18-8-,33-27?. The highest BCUT2D eigenvalue weighted by Gasteiger charge is 2.33. The number of aromatic nitrogens is 3. The number of likely N-dealkylation sites (tertiary alicyclic amines) is 2. The second-order valence-corrected chi connectivity index (χ2v) is 11.4. The molecule has 8 heteroatoms. The number of aliphatic imine (C=N–C) groups is 1. The van der Waals surface area contributed by atoms with Crippen LogP contribution in [0.25, 0.3) is 11.2 Å². The van der Waals surface area contributed by atoms with Gasteiger partial charge < -0.3 is 14.4 Å². The summed E-state index contributed by atoms with van der Waals surface area (Å²) in [5, 5.41) is 0. The number of allylic oxidation sites excluding steroid dienone is 3. The van der Waals surface area contributed by atoms with Crippen LogP contribution in [0, 0.1) is 5.92 Å². The summed E-state index contributed by atoms with van der Waals surface area (Å²) in [6, 6.07) is 4.33. The van der Waals surface area contributed by atoms with Crippen LogP contribution < -0.4 is 0 Å². The van der Waals surface area contributed by atoms with Crippen molar-refractivity contribution < 1.29 is 4.79 Å². The van der Waals surface area contributed by atoms with Crippen molar-refractivity contribution in [2.75, 3.05) is 52.9 Å². The van der Waals surface area contributed by atoms with Gasteiger partial charge in [0.2, 0.25) is 5.91 Å². The highest BCUT2D eigenvalue weighted by Crippen LogP contribution is 2.33. The molecule has 1 atom stereocenters. The van der Waals surface area contributed by atoms with Gasteiger partial charge in [-0.05, 0) is 83.4 Å². The van der Waals surface area contributed by atoms with Crippen LogP contribution in [0.1, 0.15) is 63.7 Å². The van der Waals surface area contributed by atoms with E-state index in [1.807, 2.05) is 19.2 Å². The predicted octanol–water partition coefficient (Wildman–Crippen LogP) is 4.83. The monoisotopic (exact) mass is 543 g/mol. The molecule has 2 aromatic rings. The van der Waals surface area contributed by atoms with Crippen molar-refractivity contribution in [3.05, 3.63) is 60.7 Å². The molecule has 2 fully saturated rings. The Bertz CT molecular complexity index is 1260. The molecule has 0 saturated carbocycles. The zero-order valence-corrected chi connectivity index (χ0v) is 24.5. The first-order valence-electron chi connectivity index (χ1n) is 15.1. The molecule has 0 bridgehead atoms. The molecular formula is C32H45N7O. The average Bonchev–Trinajstić information content (AvgIpc) is 3.35. The third kappa shape index (κ3) is 6.54. The van der Waals surface area contributed by atoms with Crippen LogP contribution in [0.4, 0.5) is 0 Å². The summed E-state index contributed by atoms with van der Waals surface area (Å²) >= 11 is 0. The van der Waals surface area contributed by atoms with Crippen LogP contribution in [0.2, 0.25) is 0 Å². The molecule has 2 saturated heterocycles. The third-order valence-electron chi connectivity index (χ3n) is 8.48. The van der Waals surface area contributed by atoms with Crippen LogP contribution in [-0.4, -0.2) is 93.7 Å². The molecule has 1 unspecified atom stereocenters. The third-order valence-corrected chi connectivity index (χ3v) is 8.48.